The highest BCUT2D eigenvalue weighted by Crippen LogP contribution is 2.32. The van der Waals surface area contributed by atoms with E-state index in [-0.39, 0.29) is 11.9 Å². The standard InChI is InChI=1S/C16H19NO3/c1-10(11-3-4-11)17-16(18)7-12-9-20-15-8-13(19-2)5-6-14(12)15/h5-6,8-11H,3-4,7H2,1-2H3,(H,17,18). The monoisotopic (exact) mass is 273 g/mol. The number of hydrogen-bond acceptors (Lipinski definition) is 3. The molecule has 20 heavy (non-hydrogen) atoms. The van der Waals surface area contributed by atoms with Gasteiger partial charge in [0, 0.05) is 23.1 Å². The summed E-state index contributed by atoms with van der Waals surface area (Å²) < 4.78 is 10.7. The van der Waals surface area contributed by atoms with Crippen molar-refractivity contribution >= 4 is 16.9 Å². The normalized spacial score (nSPS) is 16.1. The lowest BCUT2D eigenvalue weighted by Gasteiger charge is -2.12. The Kier molecular flexibility index (Phi) is 3.38. The topological polar surface area (TPSA) is 51.5 Å². The second-order valence-corrected chi connectivity index (χ2v) is 5.49. The zero-order chi connectivity index (χ0) is 14.1. The molecule has 0 spiro atoms. The maximum absolute atomic E-state index is 12.0. The predicted octanol–water partition coefficient (Wildman–Crippen LogP) is 2.90. The fourth-order valence-corrected chi connectivity index (χ4v) is 2.52. The zero-order valence-corrected chi connectivity index (χ0v) is 11.8. The van der Waals surface area contributed by atoms with Gasteiger partial charge in [0.2, 0.25) is 5.91 Å². The molecule has 0 saturated heterocycles. The highest BCUT2D eigenvalue weighted by atomic mass is 16.5. The Morgan fingerprint density at radius 1 is 1.50 bits per heavy atom. The molecule has 1 aromatic carbocycles. The van der Waals surface area contributed by atoms with E-state index < -0.39 is 0 Å². The molecular formula is C16H19NO3. The molecule has 0 radical (unpaired) electrons. The van der Waals surface area contributed by atoms with Gasteiger partial charge in [-0.2, -0.15) is 0 Å². The summed E-state index contributed by atoms with van der Waals surface area (Å²) in [7, 11) is 1.62. The minimum absolute atomic E-state index is 0.0583. The maximum Gasteiger partial charge on any atom is 0.224 e. The third-order valence-corrected chi connectivity index (χ3v) is 3.93. The molecule has 4 nitrogen and oxygen atoms in total. The van der Waals surface area contributed by atoms with Crippen LogP contribution in [0.3, 0.4) is 0 Å². The molecule has 1 aromatic heterocycles. The molecule has 1 heterocycles. The van der Waals surface area contributed by atoms with E-state index in [9.17, 15) is 4.79 Å². The van der Waals surface area contributed by atoms with Gasteiger partial charge in [0.25, 0.3) is 0 Å². The Bertz CT molecular complexity index is 628. The number of benzene rings is 1. The average molecular weight is 273 g/mol. The smallest absolute Gasteiger partial charge is 0.224 e. The molecule has 1 fully saturated rings. The Hall–Kier alpha value is -1.97. The molecule has 4 heteroatoms. The van der Waals surface area contributed by atoms with Crippen molar-refractivity contribution in [2.45, 2.75) is 32.2 Å². The van der Waals surface area contributed by atoms with Crippen LogP contribution in [0.25, 0.3) is 11.0 Å². The van der Waals surface area contributed by atoms with Crippen molar-refractivity contribution in [3.63, 3.8) is 0 Å². The van der Waals surface area contributed by atoms with E-state index in [1.807, 2.05) is 18.2 Å². The SMILES string of the molecule is COc1ccc2c(CC(=O)NC(C)C3CC3)coc2c1. The molecule has 1 amide bonds. The summed E-state index contributed by atoms with van der Waals surface area (Å²) in [5, 5.41) is 4.03. The van der Waals surface area contributed by atoms with Crippen LogP contribution >= 0.6 is 0 Å². The number of carbonyl (C=O) groups is 1. The van der Waals surface area contributed by atoms with E-state index in [0.717, 1.165) is 22.3 Å². The van der Waals surface area contributed by atoms with Gasteiger partial charge in [-0.05, 0) is 37.8 Å². The second kappa shape index (κ2) is 5.19. The first-order valence-corrected chi connectivity index (χ1v) is 7.01. The molecule has 106 valence electrons. The fourth-order valence-electron chi connectivity index (χ4n) is 2.52. The van der Waals surface area contributed by atoms with Crippen molar-refractivity contribution in [1.82, 2.24) is 5.32 Å². The minimum Gasteiger partial charge on any atom is -0.497 e. The molecule has 1 unspecified atom stereocenters. The van der Waals surface area contributed by atoms with E-state index in [0.29, 0.717) is 12.3 Å². The van der Waals surface area contributed by atoms with Gasteiger partial charge >= 0.3 is 0 Å². The molecule has 3 rings (SSSR count). The van der Waals surface area contributed by atoms with Crippen molar-refractivity contribution in [1.29, 1.82) is 0 Å². The Labute approximate surface area is 118 Å². The first-order valence-electron chi connectivity index (χ1n) is 7.01. The van der Waals surface area contributed by atoms with E-state index in [1.54, 1.807) is 13.4 Å². The third-order valence-electron chi connectivity index (χ3n) is 3.93. The van der Waals surface area contributed by atoms with Gasteiger partial charge < -0.3 is 14.5 Å². The van der Waals surface area contributed by atoms with Gasteiger partial charge in [-0.25, -0.2) is 0 Å². The zero-order valence-electron chi connectivity index (χ0n) is 11.8. The summed E-state index contributed by atoms with van der Waals surface area (Å²) in [5.74, 6) is 1.48. The van der Waals surface area contributed by atoms with Gasteiger partial charge in [0.05, 0.1) is 19.8 Å². The van der Waals surface area contributed by atoms with Crippen LogP contribution in [0.15, 0.2) is 28.9 Å². The van der Waals surface area contributed by atoms with Crippen LogP contribution in [-0.2, 0) is 11.2 Å². The number of carbonyl (C=O) groups excluding carboxylic acids is 1. The Morgan fingerprint density at radius 3 is 3.00 bits per heavy atom. The van der Waals surface area contributed by atoms with E-state index in [4.69, 9.17) is 9.15 Å². The summed E-state index contributed by atoms with van der Waals surface area (Å²) in [6, 6.07) is 5.93. The quantitative estimate of drug-likeness (QED) is 0.911. The fraction of sp³-hybridized carbons (Fsp3) is 0.438. The molecular weight excluding hydrogens is 254 g/mol. The van der Waals surface area contributed by atoms with Crippen molar-refractivity contribution in [3.8, 4) is 5.75 Å². The highest BCUT2D eigenvalue weighted by Gasteiger charge is 2.28. The number of furan rings is 1. The van der Waals surface area contributed by atoms with E-state index in [2.05, 4.69) is 12.2 Å². The number of nitrogens with one attached hydrogen (secondary N) is 1. The molecule has 1 N–H and O–H groups in total. The first kappa shape index (κ1) is 13.0. The molecule has 0 bridgehead atoms. The van der Waals surface area contributed by atoms with Crippen molar-refractivity contribution in [3.05, 3.63) is 30.0 Å². The summed E-state index contributed by atoms with van der Waals surface area (Å²) in [5.41, 5.74) is 1.67. The number of fused-ring (bicyclic) bond motifs is 1. The molecule has 1 saturated carbocycles. The van der Waals surface area contributed by atoms with Crippen molar-refractivity contribution in [2.75, 3.05) is 7.11 Å². The molecule has 1 aliphatic carbocycles. The van der Waals surface area contributed by atoms with E-state index >= 15 is 0 Å². The van der Waals surface area contributed by atoms with Crippen molar-refractivity contribution in [2.24, 2.45) is 5.92 Å². The highest BCUT2D eigenvalue weighted by molar-refractivity contribution is 5.88. The third kappa shape index (κ3) is 2.64. The van der Waals surface area contributed by atoms with Gasteiger partial charge in [-0.3, -0.25) is 4.79 Å². The van der Waals surface area contributed by atoms with Crippen LogP contribution in [0.5, 0.6) is 5.75 Å². The van der Waals surface area contributed by atoms with Crippen LogP contribution < -0.4 is 10.1 Å². The summed E-state index contributed by atoms with van der Waals surface area (Å²) in [6.45, 7) is 2.08. The second-order valence-electron chi connectivity index (χ2n) is 5.49. The number of ether oxygens (including phenoxy) is 1. The molecule has 0 aliphatic heterocycles. The van der Waals surface area contributed by atoms with Gasteiger partial charge in [0.1, 0.15) is 11.3 Å². The average Bonchev–Trinajstić information content (AvgIpc) is 3.22. The number of amides is 1. The number of hydrogen-bond donors (Lipinski definition) is 1. The Balaban J connectivity index is 1.71. The lowest BCUT2D eigenvalue weighted by Crippen LogP contribution is -2.35. The van der Waals surface area contributed by atoms with Crippen LogP contribution in [0.2, 0.25) is 0 Å². The van der Waals surface area contributed by atoms with E-state index in [1.165, 1.54) is 12.8 Å². The van der Waals surface area contributed by atoms with Gasteiger partial charge in [0.15, 0.2) is 0 Å². The lowest BCUT2D eigenvalue weighted by molar-refractivity contribution is -0.121. The maximum atomic E-state index is 12.0. The van der Waals surface area contributed by atoms with Crippen molar-refractivity contribution < 1.29 is 13.9 Å². The van der Waals surface area contributed by atoms with Crippen LogP contribution in [0.4, 0.5) is 0 Å². The molecule has 1 atom stereocenters. The number of methoxy groups -OCH3 is 1. The summed E-state index contributed by atoms with van der Waals surface area (Å²) in [6.07, 6.45) is 4.48. The van der Waals surface area contributed by atoms with Crippen LogP contribution in [0, 0.1) is 5.92 Å². The molecule has 2 aromatic rings. The largest absolute Gasteiger partial charge is 0.497 e. The van der Waals surface area contributed by atoms with Crippen LogP contribution in [-0.4, -0.2) is 19.1 Å². The Morgan fingerprint density at radius 2 is 2.30 bits per heavy atom. The predicted molar refractivity (Wildman–Crippen MR) is 76.8 cm³/mol. The lowest BCUT2D eigenvalue weighted by atomic mass is 10.1. The van der Waals surface area contributed by atoms with Gasteiger partial charge in [-0.15, -0.1) is 0 Å². The minimum atomic E-state index is 0.0583. The summed E-state index contributed by atoms with van der Waals surface area (Å²) >= 11 is 0. The first-order chi connectivity index (χ1) is 9.67. The molecule has 1 aliphatic rings. The van der Waals surface area contributed by atoms with Gasteiger partial charge in [-0.1, -0.05) is 0 Å². The number of rotatable bonds is 5. The summed E-state index contributed by atoms with van der Waals surface area (Å²) in [4.78, 5) is 12.0. The van der Waals surface area contributed by atoms with Crippen LogP contribution in [0.1, 0.15) is 25.3 Å².